The topological polar surface area (TPSA) is 52.3 Å². The molecule has 0 saturated carbocycles. The molecule has 1 atom stereocenters. The second-order valence-corrected chi connectivity index (χ2v) is 5.04. The fourth-order valence-electron chi connectivity index (χ4n) is 0.865. The third kappa shape index (κ3) is 2.70. The van der Waals surface area contributed by atoms with Crippen LogP contribution in [0.3, 0.4) is 0 Å². The van der Waals surface area contributed by atoms with Gasteiger partial charge in [0.25, 0.3) is 0 Å². The Bertz CT molecular complexity index is 323. The van der Waals surface area contributed by atoms with E-state index in [4.69, 9.17) is 22.1 Å². The Morgan fingerprint density at radius 2 is 2.50 bits per heavy atom. The Hall–Kier alpha value is -0.100. The highest BCUT2D eigenvalue weighted by atomic mass is 79.9. The van der Waals surface area contributed by atoms with Gasteiger partial charge in [-0.2, -0.15) is 0 Å². The lowest BCUT2D eigenvalue weighted by Gasteiger charge is -2.07. The summed E-state index contributed by atoms with van der Waals surface area (Å²) in [6.45, 7) is 2.06. The Balaban J connectivity index is 2.78. The smallest absolute Gasteiger partial charge is 0.328 e. The van der Waals surface area contributed by atoms with Crippen molar-refractivity contribution >= 4 is 44.8 Å². The molecule has 0 aliphatic carbocycles. The Morgan fingerprint density at radius 3 is 2.93 bits per heavy atom. The summed E-state index contributed by atoms with van der Waals surface area (Å²) < 4.78 is 6.12. The van der Waals surface area contributed by atoms with Crippen LogP contribution in [-0.2, 0) is 9.53 Å². The van der Waals surface area contributed by atoms with Crippen LogP contribution >= 0.6 is 38.9 Å². The van der Waals surface area contributed by atoms with Crippen molar-refractivity contribution < 1.29 is 9.53 Å². The van der Waals surface area contributed by atoms with Crippen LogP contribution in [0.25, 0.3) is 0 Å². The molecule has 78 valence electrons. The molecule has 0 aliphatic rings. The largest absolute Gasteiger partial charge is 0.465 e. The van der Waals surface area contributed by atoms with Crippen molar-refractivity contribution in [1.29, 1.82) is 0 Å². The lowest BCUT2D eigenvalue weighted by atomic mass is 10.2. The lowest BCUT2D eigenvalue weighted by Crippen LogP contribution is -2.22. The zero-order valence-electron chi connectivity index (χ0n) is 7.42. The molecular formula is C8H9BrClNO2S. The predicted molar refractivity (Wildman–Crippen MR) is 60.6 cm³/mol. The number of carbonyl (C=O) groups excluding carboxylic acids is 1. The van der Waals surface area contributed by atoms with Gasteiger partial charge in [-0.05, 0) is 28.9 Å². The highest BCUT2D eigenvalue weighted by Crippen LogP contribution is 2.34. The molecule has 6 heteroatoms. The highest BCUT2D eigenvalue weighted by molar-refractivity contribution is 9.10. The summed E-state index contributed by atoms with van der Waals surface area (Å²) in [6.07, 6.45) is 0. The van der Waals surface area contributed by atoms with Crippen molar-refractivity contribution in [2.45, 2.75) is 13.0 Å². The van der Waals surface area contributed by atoms with Crippen LogP contribution in [0.5, 0.6) is 0 Å². The van der Waals surface area contributed by atoms with E-state index in [9.17, 15) is 4.79 Å². The third-order valence-corrected chi connectivity index (χ3v) is 4.07. The molecule has 1 unspecified atom stereocenters. The maximum absolute atomic E-state index is 11.3. The molecule has 0 spiro atoms. The van der Waals surface area contributed by atoms with Gasteiger partial charge >= 0.3 is 5.97 Å². The summed E-state index contributed by atoms with van der Waals surface area (Å²) in [6, 6.07) is 0.984. The van der Waals surface area contributed by atoms with Crippen LogP contribution in [0.4, 0.5) is 0 Å². The number of thiophene rings is 1. The fourth-order valence-corrected chi connectivity index (χ4v) is 2.59. The molecule has 0 saturated heterocycles. The monoisotopic (exact) mass is 297 g/mol. The Labute approximate surface area is 99.3 Å². The second-order valence-electron chi connectivity index (χ2n) is 2.50. The fraction of sp³-hybridized carbons (Fsp3) is 0.375. The number of esters is 1. The van der Waals surface area contributed by atoms with Gasteiger partial charge in [0.2, 0.25) is 0 Å². The van der Waals surface area contributed by atoms with Crippen LogP contribution < -0.4 is 5.73 Å². The number of nitrogens with two attached hydrogens (primary N) is 1. The molecule has 1 heterocycles. The zero-order valence-corrected chi connectivity index (χ0v) is 10.6. The average Bonchev–Trinajstić information content (AvgIpc) is 2.46. The summed E-state index contributed by atoms with van der Waals surface area (Å²) in [7, 11) is 0. The first kappa shape index (κ1) is 12.0. The zero-order chi connectivity index (χ0) is 10.7. The van der Waals surface area contributed by atoms with Gasteiger partial charge in [-0.1, -0.05) is 11.6 Å². The summed E-state index contributed by atoms with van der Waals surface area (Å²) in [4.78, 5) is 12.0. The molecular weight excluding hydrogens is 290 g/mol. The predicted octanol–water partition coefficient (Wildman–Crippen LogP) is 2.73. The van der Waals surface area contributed by atoms with Crippen molar-refractivity contribution in [3.8, 4) is 0 Å². The molecule has 1 aromatic rings. The molecule has 1 aromatic heterocycles. The van der Waals surface area contributed by atoms with E-state index in [1.54, 1.807) is 13.0 Å². The van der Waals surface area contributed by atoms with Crippen molar-refractivity contribution in [2.24, 2.45) is 5.73 Å². The van der Waals surface area contributed by atoms with Gasteiger partial charge in [-0.15, -0.1) is 11.3 Å². The molecule has 0 radical (unpaired) electrons. The first-order valence-electron chi connectivity index (χ1n) is 3.93. The number of carbonyl (C=O) groups is 1. The summed E-state index contributed by atoms with van der Waals surface area (Å²) >= 11 is 10.3. The van der Waals surface area contributed by atoms with Crippen molar-refractivity contribution in [2.75, 3.05) is 6.61 Å². The van der Waals surface area contributed by atoms with E-state index < -0.39 is 12.0 Å². The molecule has 3 nitrogen and oxygen atoms in total. The van der Waals surface area contributed by atoms with Gasteiger partial charge in [0.15, 0.2) is 0 Å². The van der Waals surface area contributed by atoms with Gasteiger partial charge in [-0.3, -0.25) is 0 Å². The summed E-state index contributed by atoms with van der Waals surface area (Å²) in [5.74, 6) is -0.432. The Kier molecular flexibility index (Phi) is 4.37. The van der Waals surface area contributed by atoms with E-state index in [1.807, 2.05) is 0 Å². The van der Waals surface area contributed by atoms with Crippen molar-refractivity contribution in [3.05, 3.63) is 19.8 Å². The van der Waals surface area contributed by atoms with E-state index >= 15 is 0 Å². The molecule has 0 fully saturated rings. The normalized spacial score (nSPS) is 12.6. The maximum atomic E-state index is 11.3. The molecule has 0 aliphatic heterocycles. The minimum Gasteiger partial charge on any atom is -0.465 e. The van der Waals surface area contributed by atoms with Gasteiger partial charge in [0, 0.05) is 9.35 Å². The first-order valence-corrected chi connectivity index (χ1v) is 5.92. The van der Waals surface area contributed by atoms with Crippen LogP contribution in [0.15, 0.2) is 10.5 Å². The van der Waals surface area contributed by atoms with Crippen LogP contribution in [0.1, 0.15) is 17.8 Å². The molecule has 14 heavy (non-hydrogen) atoms. The van der Waals surface area contributed by atoms with Gasteiger partial charge in [0.1, 0.15) is 10.4 Å². The van der Waals surface area contributed by atoms with Crippen molar-refractivity contribution in [3.63, 3.8) is 0 Å². The third-order valence-electron chi connectivity index (χ3n) is 1.51. The molecule has 0 bridgehead atoms. The maximum Gasteiger partial charge on any atom is 0.328 e. The minimum absolute atomic E-state index is 0.326. The number of hydrogen-bond acceptors (Lipinski definition) is 4. The van der Waals surface area contributed by atoms with E-state index in [0.717, 1.165) is 4.47 Å². The summed E-state index contributed by atoms with van der Waals surface area (Å²) in [5.41, 5.74) is 5.66. The van der Waals surface area contributed by atoms with Gasteiger partial charge in [0.05, 0.1) is 6.61 Å². The number of hydrogen-bond donors (Lipinski definition) is 1. The van der Waals surface area contributed by atoms with E-state index in [1.165, 1.54) is 11.3 Å². The van der Waals surface area contributed by atoms with Crippen LogP contribution in [-0.4, -0.2) is 12.6 Å². The second kappa shape index (κ2) is 5.11. The Morgan fingerprint density at radius 1 is 1.86 bits per heavy atom. The van der Waals surface area contributed by atoms with Gasteiger partial charge in [-0.25, -0.2) is 4.79 Å². The standard InChI is InChI=1S/C8H9BrClNO2S/c1-2-13-8(12)6(11)5-3-4(9)7(10)14-5/h3,6H,2,11H2,1H3. The minimum atomic E-state index is -0.747. The lowest BCUT2D eigenvalue weighted by molar-refractivity contribution is -0.144. The molecule has 1 rings (SSSR count). The number of halogens is 2. The highest BCUT2D eigenvalue weighted by Gasteiger charge is 2.20. The molecule has 0 aromatic carbocycles. The molecule has 0 amide bonds. The van der Waals surface area contributed by atoms with Crippen LogP contribution in [0.2, 0.25) is 4.34 Å². The van der Waals surface area contributed by atoms with E-state index in [0.29, 0.717) is 15.8 Å². The quantitative estimate of drug-likeness (QED) is 0.873. The average molecular weight is 299 g/mol. The van der Waals surface area contributed by atoms with Gasteiger partial charge < -0.3 is 10.5 Å². The van der Waals surface area contributed by atoms with E-state index in [2.05, 4.69) is 15.9 Å². The van der Waals surface area contributed by atoms with Crippen molar-refractivity contribution in [1.82, 2.24) is 0 Å². The molecule has 2 N–H and O–H groups in total. The SMILES string of the molecule is CCOC(=O)C(N)c1cc(Br)c(Cl)s1. The number of rotatable bonds is 3. The summed E-state index contributed by atoms with van der Waals surface area (Å²) in [5, 5.41) is 0. The number of ether oxygens (including phenoxy) is 1. The first-order chi connectivity index (χ1) is 6.56. The van der Waals surface area contributed by atoms with Crippen LogP contribution in [0, 0.1) is 0 Å². The van der Waals surface area contributed by atoms with E-state index in [-0.39, 0.29) is 0 Å².